The van der Waals surface area contributed by atoms with Crippen LogP contribution in [-0.4, -0.2) is 21.0 Å². The highest BCUT2D eigenvalue weighted by Gasteiger charge is 2.45. The van der Waals surface area contributed by atoms with Crippen LogP contribution in [0.5, 0.6) is 0 Å². The number of benzene rings is 1. The average Bonchev–Trinajstić information content (AvgIpc) is 2.94. The molecular weight excluding hydrogens is 272 g/mol. The van der Waals surface area contributed by atoms with Gasteiger partial charge in [0.25, 0.3) is 0 Å². The summed E-state index contributed by atoms with van der Waals surface area (Å²) in [4.78, 5) is 10.8. The van der Waals surface area contributed by atoms with Crippen molar-refractivity contribution in [1.82, 2.24) is 0 Å². The lowest BCUT2D eigenvalue weighted by molar-refractivity contribution is -0.138. The highest BCUT2D eigenvalue weighted by molar-refractivity contribution is 7.84. The number of hydrogen-bond donors (Lipinski definition) is 1. The minimum atomic E-state index is -0.954. The normalized spacial score (nSPS) is 20.4. The maximum absolute atomic E-state index is 12.3. The Kier molecular flexibility index (Phi) is 3.67. The van der Waals surface area contributed by atoms with Gasteiger partial charge in [-0.05, 0) is 54.2 Å². The lowest BCUT2D eigenvalue weighted by atomic mass is 10.1. The summed E-state index contributed by atoms with van der Waals surface area (Å²) in [5, 5.41) is 8.90. The summed E-state index contributed by atoms with van der Waals surface area (Å²) in [6.45, 7) is 0. The van der Waals surface area contributed by atoms with Crippen LogP contribution in [0.25, 0.3) is 0 Å². The zero-order chi connectivity index (χ0) is 14.2. The fourth-order valence-corrected chi connectivity index (χ4v) is 4.89. The summed E-state index contributed by atoms with van der Waals surface area (Å²) in [6.07, 6.45) is 5.52. The van der Waals surface area contributed by atoms with E-state index in [1.807, 2.05) is 0 Å². The number of aryl methyl sites for hydroxylation is 2. The van der Waals surface area contributed by atoms with Crippen LogP contribution in [0.15, 0.2) is 18.2 Å². The van der Waals surface area contributed by atoms with Gasteiger partial charge in [0, 0.05) is 22.3 Å². The molecule has 0 saturated heterocycles. The van der Waals surface area contributed by atoms with Crippen molar-refractivity contribution in [1.29, 1.82) is 0 Å². The van der Waals surface area contributed by atoms with Gasteiger partial charge in [-0.3, -0.25) is 9.00 Å². The van der Waals surface area contributed by atoms with Crippen LogP contribution in [0.1, 0.15) is 42.4 Å². The van der Waals surface area contributed by atoms with E-state index in [9.17, 15) is 9.00 Å². The first-order valence-corrected chi connectivity index (χ1v) is 8.73. The van der Waals surface area contributed by atoms with E-state index in [1.165, 1.54) is 24.0 Å². The molecule has 4 heteroatoms. The predicted molar refractivity (Wildman–Crippen MR) is 79.1 cm³/mol. The molecule has 0 aromatic heterocycles. The molecule has 2 aliphatic rings. The van der Waals surface area contributed by atoms with Gasteiger partial charge in [0.2, 0.25) is 0 Å². The summed E-state index contributed by atoms with van der Waals surface area (Å²) in [7, 11) is -0.954. The quantitative estimate of drug-likeness (QED) is 0.877. The summed E-state index contributed by atoms with van der Waals surface area (Å²) in [5.74, 6) is 0.336. The van der Waals surface area contributed by atoms with Gasteiger partial charge in [0.15, 0.2) is 0 Å². The number of rotatable bonds is 6. The van der Waals surface area contributed by atoms with Crippen molar-refractivity contribution in [3.05, 3.63) is 34.9 Å². The van der Waals surface area contributed by atoms with Crippen molar-refractivity contribution in [3.63, 3.8) is 0 Å². The van der Waals surface area contributed by atoms with Crippen LogP contribution < -0.4 is 0 Å². The van der Waals surface area contributed by atoms with E-state index in [4.69, 9.17) is 5.11 Å². The van der Waals surface area contributed by atoms with Crippen LogP contribution >= 0.6 is 0 Å². The van der Waals surface area contributed by atoms with E-state index in [-0.39, 0.29) is 11.8 Å². The molecule has 3 rings (SSSR count). The number of carboxylic acids is 1. The molecule has 0 spiro atoms. The molecule has 1 fully saturated rings. The first kappa shape index (κ1) is 13.8. The van der Waals surface area contributed by atoms with Gasteiger partial charge >= 0.3 is 5.97 Å². The Hall–Kier alpha value is -1.16. The topological polar surface area (TPSA) is 54.4 Å². The zero-order valence-electron chi connectivity index (χ0n) is 11.6. The number of hydrogen-bond acceptors (Lipinski definition) is 2. The molecule has 2 aliphatic carbocycles. The molecule has 108 valence electrons. The van der Waals surface area contributed by atoms with Gasteiger partial charge < -0.3 is 5.11 Å². The third kappa shape index (κ3) is 3.11. The molecule has 1 aromatic carbocycles. The molecular formula is C16H20O3S. The van der Waals surface area contributed by atoms with E-state index in [0.29, 0.717) is 11.5 Å². The summed E-state index contributed by atoms with van der Waals surface area (Å²) in [6, 6.07) is 6.44. The Morgan fingerprint density at radius 2 is 2.00 bits per heavy atom. The Bertz CT molecular complexity index is 561. The SMILES string of the molecule is O=C(O)CC1(CS(=O)Cc2ccc3c(c2)CCC3)CC1. The second kappa shape index (κ2) is 5.32. The summed E-state index contributed by atoms with van der Waals surface area (Å²) < 4.78 is 12.3. The zero-order valence-corrected chi connectivity index (χ0v) is 12.4. The largest absolute Gasteiger partial charge is 0.481 e. The molecule has 20 heavy (non-hydrogen) atoms. The van der Waals surface area contributed by atoms with Crippen LogP contribution in [0.4, 0.5) is 0 Å². The third-order valence-corrected chi connectivity index (χ3v) is 6.03. The van der Waals surface area contributed by atoms with E-state index >= 15 is 0 Å². The number of carbonyl (C=O) groups is 1. The fourth-order valence-electron chi connectivity index (χ4n) is 3.16. The maximum Gasteiger partial charge on any atom is 0.303 e. The molecule has 1 unspecified atom stereocenters. The number of fused-ring (bicyclic) bond motifs is 1. The van der Waals surface area contributed by atoms with Crippen molar-refractivity contribution in [3.8, 4) is 0 Å². The first-order valence-electron chi connectivity index (χ1n) is 7.24. The van der Waals surface area contributed by atoms with Gasteiger partial charge in [0.05, 0.1) is 6.42 Å². The molecule has 0 radical (unpaired) electrons. The smallest absolute Gasteiger partial charge is 0.303 e. The Morgan fingerprint density at radius 1 is 1.25 bits per heavy atom. The van der Waals surface area contributed by atoms with E-state index in [0.717, 1.165) is 24.8 Å². The van der Waals surface area contributed by atoms with Crippen LogP contribution in [0, 0.1) is 5.41 Å². The molecule has 0 bridgehead atoms. The van der Waals surface area contributed by atoms with E-state index in [1.54, 1.807) is 0 Å². The number of aliphatic carboxylic acids is 1. The van der Waals surface area contributed by atoms with Crippen molar-refractivity contribution in [2.45, 2.75) is 44.3 Å². The second-order valence-electron chi connectivity index (χ2n) is 6.26. The lowest BCUT2D eigenvalue weighted by Crippen LogP contribution is -2.17. The van der Waals surface area contributed by atoms with Crippen LogP contribution in [0.3, 0.4) is 0 Å². The average molecular weight is 292 g/mol. The van der Waals surface area contributed by atoms with Crippen molar-refractivity contribution in [2.24, 2.45) is 5.41 Å². The molecule has 3 nitrogen and oxygen atoms in total. The Morgan fingerprint density at radius 3 is 2.70 bits per heavy atom. The molecule has 1 atom stereocenters. The predicted octanol–water partition coefficient (Wildman–Crippen LogP) is 2.68. The van der Waals surface area contributed by atoms with Gasteiger partial charge in [-0.2, -0.15) is 0 Å². The maximum atomic E-state index is 12.3. The minimum absolute atomic E-state index is 0.170. The summed E-state index contributed by atoms with van der Waals surface area (Å²) in [5.41, 5.74) is 3.80. The second-order valence-corrected chi connectivity index (χ2v) is 7.71. The molecule has 1 aromatic rings. The van der Waals surface area contributed by atoms with E-state index in [2.05, 4.69) is 18.2 Å². The van der Waals surface area contributed by atoms with Gasteiger partial charge in [-0.15, -0.1) is 0 Å². The van der Waals surface area contributed by atoms with Crippen molar-refractivity contribution >= 4 is 16.8 Å². The molecule has 0 aliphatic heterocycles. The molecule has 0 heterocycles. The van der Waals surface area contributed by atoms with Gasteiger partial charge in [-0.25, -0.2) is 0 Å². The fraction of sp³-hybridized carbons (Fsp3) is 0.562. The highest BCUT2D eigenvalue weighted by Crippen LogP contribution is 2.49. The summed E-state index contributed by atoms with van der Waals surface area (Å²) >= 11 is 0. The van der Waals surface area contributed by atoms with E-state index < -0.39 is 16.8 Å². The van der Waals surface area contributed by atoms with Crippen LogP contribution in [0.2, 0.25) is 0 Å². The van der Waals surface area contributed by atoms with Crippen molar-refractivity contribution in [2.75, 3.05) is 5.75 Å². The molecule has 1 saturated carbocycles. The van der Waals surface area contributed by atoms with Gasteiger partial charge in [0.1, 0.15) is 0 Å². The monoisotopic (exact) mass is 292 g/mol. The van der Waals surface area contributed by atoms with Gasteiger partial charge in [-0.1, -0.05) is 18.2 Å². The van der Waals surface area contributed by atoms with Crippen LogP contribution in [-0.2, 0) is 34.2 Å². The molecule has 1 N–H and O–H groups in total. The third-order valence-electron chi connectivity index (χ3n) is 4.44. The minimum Gasteiger partial charge on any atom is -0.481 e. The standard InChI is InChI=1S/C16H20O3S/c17-15(18)9-16(6-7-16)11-20(19)10-12-4-5-13-2-1-3-14(13)8-12/h4-5,8H,1-3,6-7,9-11H2,(H,17,18). The lowest BCUT2D eigenvalue weighted by Gasteiger charge is -2.12. The molecule has 0 amide bonds. The Balaban J connectivity index is 1.60. The highest BCUT2D eigenvalue weighted by atomic mass is 32.2. The first-order chi connectivity index (χ1) is 9.56. The van der Waals surface area contributed by atoms with Crippen molar-refractivity contribution < 1.29 is 14.1 Å². The Labute approximate surface area is 121 Å². The number of carboxylic acid groups (broad SMARTS) is 1.